The molecule has 0 unspecified atom stereocenters. The van der Waals surface area contributed by atoms with Crippen molar-refractivity contribution < 1.29 is 8.42 Å². The molecule has 3 rings (SSSR count). The summed E-state index contributed by atoms with van der Waals surface area (Å²) >= 11 is 0. The molecule has 0 bridgehead atoms. The first-order chi connectivity index (χ1) is 9.19. The summed E-state index contributed by atoms with van der Waals surface area (Å²) in [5.41, 5.74) is 0. The molecule has 1 saturated carbocycles. The SMILES string of the molecule is O=S(=O)(c1cccc2ccccc12)C1CCCCC1. The largest absolute Gasteiger partial charge is 0.223 e. The van der Waals surface area contributed by atoms with Gasteiger partial charge < -0.3 is 0 Å². The van der Waals surface area contributed by atoms with E-state index < -0.39 is 9.84 Å². The zero-order valence-corrected chi connectivity index (χ0v) is 11.7. The summed E-state index contributed by atoms with van der Waals surface area (Å²) in [5.74, 6) is 0. The number of hydrogen-bond donors (Lipinski definition) is 0. The lowest BCUT2D eigenvalue weighted by molar-refractivity contribution is 0.484. The molecule has 0 amide bonds. The molecule has 1 aliphatic carbocycles. The van der Waals surface area contributed by atoms with E-state index in [-0.39, 0.29) is 5.25 Å². The fourth-order valence-corrected chi connectivity index (χ4v) is 5.07. The van der Waals surface area contributed by atoms with E-state index >= 15 is 0 Å². The molecule has 0 spiro atoms. The molecule has 19 heavy (non-hydrogen) atoms. The van der Waals surface area contributed by atoms with Gasteiger partial charge in [-0.15, -0.1) is 0 Å². The maximum atomic E-state index is 12.8. The number of rotatable bonds is 2. The van der Waals surface area contributed by atoms with Crippen LogP contribution in [0.3, 0.4) is 0 Å². The van der Waals surface area contributed by atoms with Gasteiger partial charge >= 0.3 is 0 Å². The third-order valence-electron chi connectivity index (χ3n) is 4.05. The van der Waals surface area contributed by atoms with E-state index in [4.69, 9.17) is 0 Å². The zero-order valence-electron chi connectivity index (χ0n) is 10.9. The maximum absolute atomic E-state index is 12.8. The second-order valence-corrected chi connectivity index (χ2v) is 7.48. The first-order valence-electron chi connectivity index (χ1n) is 6.91. The van der Waals surface area contributed by atoms with Crippen molar-refractivity contribution in [1.29, 1.82) is 0 Å². The normalized spacial score (nSPS) is 17.7. The van der Waals surface area contributed by atoms with E-state index in [1.807, 2.05) is 36.4 Å². The van der Waals surface area contributed by atoms with Gasteiger partial charge in [0.05, 0.1) is 10.1 Å². The number of benzene rings is 2. The minimum absolute atomic E-state index is 0.188. The molecule has 0 saturated heterocycles. The van der Waals surface area contributed by atoms with Gasteiger partial charge in [-0.3, -0.25) is 0 Å². The molecule has 0 aromatic heterocycles. The Balaban J connectivity index is 2.12. The van der Waals surface area contributed by atoms with Crippen molar-refractivity contribution in [2.45, 2.75) is 42.2 Å². The van der Waals surface area contributed by atoms with E-state index in [0.29, 0.717) is 4.90 Å². The van der Waals surface area contributed by atoms with Crippen molar-refractivity contribution in [3.8, 4) is 0 Å². The highest BCUT2D eigenvalue weighted by molar-refractivity contribution is 7.92. The fourth-order valence-electron chi connectivity index (χ4n) is 3.00. The molecule has 0 N–H and O–H groups in total. The average Bonchev–Trinajstić information content (AvgIpc) is 2.47. The third kappa shape index (κ3) is 2.27. The van der Waals surface area contributed by atoms with Crippen LogP contribution in [-0.4, -0.2) is 13.7 Å². The van der Waals surface area contributed by atoms with Gasteiger partial charge in [0.2, 0.25) is 0 Å². The fraction of sp³-hybridized carbons (Fsp3) is 0.375. The Labute approximate surface area is 114 Å². The van der Waals surface area contributed by atoms with Crippen molar-refractivity contribution in [2.24, 2.45) is 0 Å². The molecule has 1 fully saturated rings. The lowest BCUT2D eigenvalue weighted by atomic mass is 10.0. The number of hydrogen-bond acceptors (Lipinski definition) is 2. The predicted molar refractivity (Wildman–Crippen MR) is 78.0 cm³/mol. The van der Waals surface area contributed by atoms with Crippen LogP contribution in [0.2, 0.25) is 0 Å². The molecule has 0 atom stereocenters. The van der Waals surface area contributed by atoms with Crippen LogP contribution < -0.4 is 0 Å². The van der Waals surface area contributed by atoms with Crippen molar-refractivity contribution in [1.82, 2.24) is 0 Å². The van der Waals surface area contributed by atoms with Crippen LogP contribution in [0.4, 0.5) is 0 Å². The maximum Gasteiger partial charge on any atom is 0.181 e. The molecule has 100 valence electrons. The van der Waals surface area contributed by atoms with Gasteiger partial charge in [0.25, 0.3) is 0 Å². The summed E-state index contributed by atoms with van der Waals surface area (Å²) < 4.78 is 25.6. The van der Waals surface area contributed by atoms with Crippen molar-refractivity contribution in [3.63, 3.8) is 0 Å². The highest BCUT2D eigenvalue weighted by Gasteiger charge is 2.29. The lowest BCUT2D eigenvalue weighted by Crippen LogP contribution is -2.24. The van der Waals surface area contributed by atoms with E-state index in [2.05, 4.69) is 0 Å². The van der Waals surface area contributed by atoms with Crippen LogP contribution in [0, 0.1) is 0 Å². The number of fused-ring (bicyclic) bond motifs is 1. The molecule has 0 heterocycles. The van der Waals surface area contributed by atoms with E-state index in [9.17, 15) is 8.42 Å². The van der Waals surface area contributed by atoms with Gasteiger partial charge in [-0.2, -0.15) is 0 Å². The van der Waals surface area contributed by atoms with Crippen LogP contribution in [0.5, 0.6) is 0 Å². The first-order valence-corrected chi connectivity index (χ1v) is 8.46. The van der Waals surface area contributed by atoms with Gasteiger partial charge in [0, 0.05) is 5.39 Å². The van der Waals surface area contributed by atoms with Gasteiger partial charge in [0.15, 0.2) is 9.84 Å². The Morgan fingerprint density at radius 3 is 2.32 bits per heavy atom. The van der Waals surface area contributed by atoms with Crippen LogP contribution in [0.15, 0.2) is 47.4 Å². The first kappa shape index (κ1) is 12.7. The molecule has 0 aliphatic heterocycles. The van der Waals surface area contributed by atoms with Crippen LogP contribution in [0.1, 0.15) is 32.1 Å². The Kier molecular flexibility index (Phi) is 3.31. The van der Waals surface area contributed by atoms with Crippen molar-refractivity contribution in [3.05, 3.63) is 42.5 Å². The van der Waals surface area contributed by atoms with Gasteiger partial charge in [0.1, 0.15) is 0 Å². The minimum atomic E-state index is -3.19. The second kappa shape index (κ2) is 4.97. The molecule has 1 aliphatic rings. The summed E-state index contributed by atoms with van der Waals surface area (Å²) in [6, 6.07) is 13.3. The summed E-state index contributed by atoms with van der Waals surface area (Å²) in [5, 5.41) is 1.67. The topological polar surface area (TPSA) is 34.1 Å². The summed E-state index contributed by atoms with van der Waals surface area (Å²) in [6.45, 7) is 0. The average molecular weight is 274 g/mol. The van der Waals surface area contributed by atoms with Crippen LogP contribution in [0.25, 0.3) is 10.8 Å². The van der Waals surface area contributed by atoms with Gasteiger partial charge in [-0.1, -0.05) is 55.7 Å². The highest BCUT2D eigenvalue weighted by atomic mass is 32.2. The smallest absolute Gasteiger partial charge is 0.181 e. The molecular weight excluding hydrogens is 256 g/mol. The van der Waals surface area contributed by atoms with Crippen LogP contribution in [-0.2, 0) is 9.84 Å². The van der Waals surface area contributed by atoms with Gasteiger partial charge in [-0.05, 0) is 24.3 Å². The Morgan fingerprint density at radius 2 is 1.53 bits per heavy atom. The quantitative estimate of drug-likeness (QED) is 0.831. The monoisotopic (exact) mass is 274 g/mol. The highest BCUT2D eigenvalue weighted by Crippen LogP contribution is 2.32. The van der Waals surface area contributed by atoms with Crippen LogP contribution >= 0.6 is 0 Å². The predicted octanol–water partition coefficient (Wildman–Crippen LogP) is 3.95. The minimum Gasteiger partial charge on any atom is -0.223 e. The van der Waals surface area contributed by atoms with E-state index in [1.165, 1.54) is 6.42 Å². The molecule has 0 radical (unpaired) electrons. The third-order valence-corrected chi connectivity index (χ3v) is 6.37. The molecule has 2 aromatic carbocycles. The van der Waals surface area contributed by atoms with Gasteiger partial charge in [-0.25, -0.2) is 8.42 Å². The Hall–Kier alpha value is -1.35. The van der Waals surface area contributed by atoms with E-state index in [0.717, 1.165) is 36.5 Å². The zero-order chi connectivity index (χ0) is 13.3. The van der Waals surface area contributed by atoms with Crippen molar-refractivity contribution in [2.75, 3.05) is 0 Å². The summed E-state index contributed by atoms with van der Waals surface area (Å²) in [4.78, 5) is 0.512. The lowest BCUT2D eigenvalue weighted by Gasteiger charge is -2.22. The molecule has 2 aromatic rings. The standard InChI is InChI=1S/C16H18O2S/c17-19(18,14-9-2-1-3-10-14)16-12-6-8-13-7-4-5-11-15(13)16/h4-8,11-12,14H,1-3,9-10H2. The Morgan fingerprint density at radius 1 is 0.842 bits per heavy atom. The summed E-state index contributed by atoms with van der Waals surface area (Å²) in [6.07, 6.45) is 4.86. The van der Waals surface area contributed by atoms with Crippen molar-refractivity contribution >= 4 is 20.6 Å². The second-order valence-electron chi connectivity index (χ2n) is 5.28. The van der Waals surface area contributed by atoms with E-state index in [1.54, 1.807) is 6.07 Å². The molecular formula is C16H18O2S. The number of sulfone groups is 1. The molecule has 3 heteroatoms. The summed E-state index contributed by atoms with van der Waals surface area (Å²) in [7, 11) is -3.19. The molecule has 2 nitrogen and oxygen atoms in total. The Bertz CT molecular complexity index is 677.